The fourth-order valence-electron chi connectivity index (χ4n) is 1.64. The Kier molecular flexibility index (Phi) is 6.73. The van der Waals surface area contributed by atoms with E-state index in [1.165, 1.54) is 0 Å². The third-order valence-electron chi connectivity index (χ3n) is 2.60. The molecule has 1 aromatic carbocycles. The number of rotatable bonds is 7. The number of carbonyl (C=O) groups is 2. The summed E-state index contributed by atoms with van der Waals surface area (Å²) in [4.78, 5) is 23.0. The zero-order valence-corrected chi connectivity index (χ0v) is 12.3. The average Bonchev–Trinajstić information content (AvgIpc) is 2.37. The molecule has 3 N–H and O–H groups in total. The topological polar surface area (TPSA) is 70.2 Å². The van der Waals surface area contributed by atoms with Crippen LogP contribution in [0.3, 0.4) is 0 Å². The van der Waals surface area contributed by atoms with Crippen molar-refractivity contribution in [2.75, 3.05) is 18.4 Å². The van der Waals surface area contributed by atoms with Crippen LogP contribution < -0.4 is 16.0 Å². The molecule has 0 fully saturated rings. The van der Waals surface area contributed by atoms with Gasteiger partial charge in [-0.2, -0.15) is 0 Å². The third-order valence-corrected chi connectivity index (χ3v) is 2.60. The van der Waals surface area contributed by atoms with Gasteiger partial charge in [0.25, 0.3) is 0 Å². The molecular formula is C15H23N3O2. The van der Waals surface area contributed by atoms with Crippen LogP contribution in [-0.2, 0) is 9.59 Å². The SMILES string of the molecule is Cc1ccc(NC(=O)CNCCC(=O)NC(C)C)cc1. The van der Waals surface area contributed by atoms with Gasteiger partial charge >= 0.3 is 0 Å². The number of hydrogen-bond donors (Lipinski definition) is 3. The van der Waals surface area contributed by atoms with Crippen molar-refractivity contribution in [1.29, 1.82) is 0 Å². The number of benzene rings is 1. The fourth-order valence-corrected chi connectivity index (χ4v) is 1.64. The molecular weight excluding hydrogens is 254 g/mol. The van der Waals surface area contributed by atoms with Crippen LogP contribution in [0.5, 0.6) is 0 Å². The predicted molar refractivity (Wildman–Crippen MR) is 80.6 cm³/mol. The zero-order chi connectivity index (χ0) is 15.0. The summed E-state index contributed by atoms with van der Waals surface area (Å²) in [5.74, 6) is -0.121. The van der Waals surface area contributed by atoms with Crippen molar-refractivity contribution in [1.82, 2.24) is 10.6 Å². The molecule has 0 aromatic heterocycles. The molecule has 0 saturated carbocycles. The molecule has 5 heteroatoms. The van der Waals surface area contributed by atoms with E-state index >= 15 is 0 Å². The Bertz CT molecular complexity index is 441. The molecule has 0 heterocycles. The van der Waals surface area contributed by atoms with Crippen molar-refractivity contribution in [3.05, 3.63) is 29.8 Å². The van der Waals surface area contributed by atoms with Crippen molar-refractivity contribution in [3.63, 3.8) is 0 Å². The van der Waals surface area contributed by atoms with Gasteiger partial charge in [0.15, 0.2) is 0 Å². The number of carbonyl (C=O) groups excluding carboxylic acids is 2. The van der Waals surface area contributed by atoms with E-state index in [1.54, 1.807) is 0 Å². The number of anilines is 1. The van der Waals surface area contributed by atoms with Gasteiger partial charge in [-0.15, -0.1) is 0 Å². The quantitative estimate of drug-likeness (QED) is 0.660. The van der Waals surface area contributed by atoms with Crippen LogP contribution in [0.1, 0.15) is 25.8 Å². The van der Waals surface area contributed by atoms with Crippen molar-refractivity contribution >= 4 is 17.5 Å². The molecule has 110 valence electrons. The summed E-state index contributed by atoms with van der Waals surface area (Å²) in [5, 5.41) is 8.53. The lowest BCUT2D eigenvalue weighted by Gasteiger charge is -2.09. The molecule has 0 radical (unpaired) electrons. The monoisotopic (exact) mass is 277 g/mol. The summed E-state index contributed by atoms with van der Waals surface area (Å²) in [5.41, 5.74) is 1.93. The van der Waals surface area contributed by atoms with Gasteiger partial charge in [-0.25, -0.2) is 0 Å². The van der Waals surface area contributed by atoms with Crippen LogP contribution in [0, 0.1) is 6.92 Å². The van der Waals surface area contributed by atoms with Gasteiger partial charge in [0, 0.05) is 24.7 Å². The van der Waals surface area contributed by atoms with Crippen LogP contribution in [0.15, 0.2) is 24.3 Å². The Labute approximate surface area is 120 Å². The van der Waals surface area contributed by atoms with E-state index in [9.17, 15) is 9.59 Å². The highest BCUT2D eigenvalue weighted by Gasteiger charge is 2.04. The molecule has 0 bridgehead atoms. The maximum Gasteiger partial charge on any atom is 0.238 e. The normalized spacial score (nSPS) is 10.4. The summed E-state index contributed by atoms with van der Waals surface area (Å²) in [7, 11) is 0. The van der Waals surface area contributed by atoms with Crippen LogP contribution in [-0.4, -0.2) is 30.9 Å². The van der Waals surface area contributed by atoms with Crippen LogP contribution in [0.25, 0.3) is 0 Å². The highest BCUT2D eigenvalue weighted by molar-refractivity contribution is 5.92. The minimum atomic E-state index is -0.113. The van der Waals surface area contributed by atoms with E-state index in [1.807, 2.05) is 45.0 Å². The Morgan fingerprint density at radius 3 is 2.35 bits per heavy atom. The first-order chi connectivity index (χ1) is 9.47. The van der Waals surface area contributed by atoms with Gasteiger partial charge in [0.2, 0.25) is 11.8 Å². The first kappa shape index (κ1) is 16.2. The van der Waals surface area contributed by atoms with Gasteiger partial charge in [0.05, 0.1) is 6.54 Å². The summed E-state index contributed by atoms with van der Waals surface area (Å²) >= 11 is 0. The first-order valence-electron chi connectivity index (χ1n) is 6.84. The number of aryl methyl sites for hydroxylation is 1. The molecule has 5 nitrogen and oxygen atoms in total. The van der Waals surface area contributed by atoms with Gasteiger partial charge in [-0.1, -0.05) is 17.7 Å². The van der Waals surface area contributed by atoms with E-state index in [0.29, 0.717) is 13.0 Å². The van der Waals surface area contributed by atoms with Gasteiger partial charge in [-0.05, 0) is 32.9 Å². The second-order valence-electron chi connectivity index (χ2n) is 5.06. The van der Waals surface area contributed by atoms with Crippen molar-refractivity contribution in [3.8, 4) is 0 Å². The van der Waals surface area contributed by atoms with Crippen molar-refractivity contribution in [2.24, 2.45) is 0 Å². The van der Waals surface area contributed by atoms with Gasteiger partial charge in [-0.3, -0.25) is 9.59 Å². The first-order valence-corrected chi connectivity index (χ1v) is 6.84. The molecule has 2 amide bonds. The minimum absolute atomic E-state index is 0.00792. The molecule has 0 aliphatic carbocycles. The molecule has 0 unspecified atom stereocenters. The smallest absolute Gasteiger partial charge is 0.238 e. The standard InChI is InChI=1S/C15H23N3O2/c1-11(2)17-14(19)8-9-16-10-15(20)18-13-6-4-12(3)5-7-13/h4-7,11,16H,8-10H2,1-3H3,(H,17,19)(H,18,20). The van der Waals surface area contributed by atoms with Crippen molar-refractivity contribution in [2.45, 2.75) is 33.2 Å². The van der Waals surface area contributed by atoms with E-state index in [0.717, 1.165) is 11.3 Å². The molecule has 0 atom stereocenters. The fraction of sp³-hybridized carbons (Fsp3) is 0.467. The Morgan fingerprint density at radius 2 is 1.75 bits per heavy atom. The second kappa shape index (κ2) is 8.32. The largest absolute Gasteiger partial charge is 0.354 e. The van der Waals surface area contributed by atoms with Crippen LogP contribution >= 0.6 is 0 Å². The van der Waals surface area contributed by atoms with E-state index in [4.69, 9.17) is 0 Å². The Hall–Kier alpha value is -1.88. The maximum atomic E-state index is 11.6. The second-order valence-corrected chi connectivity index (χ2v) is 5.06. The molecule has 0 aliphatic rings. The predicted octanol–water partition coefficient (Wildman–Crippen LogP) is 1.44. The number of hydrogen-bond acceptors (Lipinski definition) is 3. The minimum Gasteiger partial charge on any atom is -0.354 e. The van der Waals surface area contributed by atoms with Crippen LogP contribution in [0.2, 0.25) is 0 Å². The maximum absolute atomic E-state index is 11.6. The summed E-state index contributed by atoms with van der Waals surface area (Å²) in [6, 6.07) is 7.76. The number of amides is 2. The molecule has 0 aliphatic heterocycles. The highest BCUT2D eigenvalue weighted by atomic mass is 16.2. The molecule has 0 spiro atoms. The van der Waals surface area contributed by atoms with E-state index in [-0.39, 0.29) is 24.4 Å². The summed E-state index contributed by atoms with van der Waals surface area (Å²) in [6.07, 6.45) is 0.371. The average molecular weight is 277 g/mol. The lowest BCUT2D eigenvalue weighted by atomic mass is 10.2. The zero-order valence-electron chi connectivity index (χ0n) is 12.3. The Morgan fingerprint density at radius 1 is 1.10 bits per heavy atom. The molecule has 0 saturated heterocycles. The summed E-state index contributed by atoms with van der Waals surface area (Å²) in [6.45, 7) is 6.51. The van der Waals surface area contributed by atoms with Crippen molar-refractivity contribution < 1.29 is 9.59 Å². The van der Waals surface area contributed by atoms with Gasteiger partial charge < -0.3 is 16.0 Å². The van der Waals surface area contributed by atoms with Crippen LogP contribution in [0.4, 0.5) is 5.69 Å². The molecule has 1 aromatic rings. The third kappa shape index (κ3) is 6.89. The molecule has 1 rings (SSSR count). The number of nitrogens with one attached hydrogen (secondary N) is 3. The van der Waals surface area contributed by atoms with E-state index < -0.39 is 0 Å². The lowest BCUT2D eigenvalue weighted by Crippen LogP contribution is -2.34. The lowest BCUT2D eigenvalue weighted by molar-refractivity contribution is -0.121. The van der Waals surface area contributed by atoms with E-state index in [2.05, 4.69) is 16.0 Å². The van der Waals surface area contributed by atoms with Gasteiger partial charge in [0.1, 0.15) is 0 Å². The highest BCUT2D eigenvalue weighted by Crippen LogP contribution is 2.07. The molecule has 20 heavy (non-hydrogen) atoms. The summed E-state index contributed by atoms with van der Waals surface area (Å²) < 4.78 is 0. The Balaban J connectivity index is 2.17.